The molecular formula is C33H45ClN4O3. The average molecular weight is 581 g/mol. The summed E-state index contributed by atoms with van der Waals surface area (Å²) in [5, 5.41) is 13.8. The van der Waals surface area contributed by atoms with Crippen LogP contribution in [0.5, 0.6) is 5.75 Å². The van der Waals surface area contributed by atoms with Gasteiger partial charge in [0.1, 0.15) is 18.4 Å². The number of amides is 2. The first kappa shape index (κ1) is 30.9. The Balaban J connectivity index is 1.58. The van der Waals surface area contributed by atoms with E-state index in [-0.39, 0.29) is 29.7 Å². The van der Waals surface area contributed by atoms with E-state index in [0.29, 0.717) is 42.8 Å². The van der Waals surface area contributed by atoms with Crippen LogP contribution in [0.2, 0.25) is 5.02 Å². The lowest BCUT2D eigenvalue weighted by atomic mass is 9.98. The van der Waals surface area contributed by atoms with Crippen LogP contribution in [0, 0.1) is 17.8 Å². The summed E-state index contributed by atoms with van der Waals surface area (Å²) in [5.74, 6) is 1.52. The lowest BCUT2D eigenvalue weighted by molar-refractivity contribution is -0.124. The van der Waals surface area contributed by atoms with E-state index in [0.717, 1.165) is 42.6 Å². The molecule has 0 aromatic heterocycles. The Labute approximate surface area is 249 Å². The van der Waals surface area contributed by atoms with Crippen molar-refractivity contribution in [2.24, 2.45) is 17.8 Å². The minimum Gasteiger partial charge on any atom is -0.492 e. The standard InChI is InChI=1S/C33H45ClN4O3/c1-21(2)31-23(4)37-29(18-24-12-13-24)32(39)36-20-22(3)16-26-9-5-6-11-30(26)41-15-14-35-28(33(40)38-31)19-25-8-7-10-27(34)17-25/h5-11,17,21-22,24,28-29,31,35,37H,4,12-16,18-20H2,1-3H3,(H,36,39)(H,38,40)/t22-,28+,29-,31+/m0/s1. The molecule has 8 heteroatoms. The molecular weight excluding hydrogens is 536 g/mol. The topological polar surface area (TPSA) is 91.5 Å². The van der Waals surface area contributed by atoms with Crippen LogP contribution in [0.25, 0.3) is 0 Å². The fourth-order valence-corrected chi connectivity index (χ4v) is 5.57. The van der Waals surface area contributed by atoms with Crippen LogP contribution in [-0.4, -0.2) is 49.6 Å². The lowest BCUT2D eigenvalue weighted by Crippen LogP contribution is -2.54. The minimum absolute atomic E-state index is 0.0233. The normalized spacial score (nSPS) is 25.1. The van der Waals surface area contributed by atoms with E-state index in [9.17, 15) is 9.59 Å². The SMILES string of the molecule is C=C1N[C@@H](CC2CC2)C(=O)NC[C@@H](C)Cc2ccccc2OCCN[C@H](Cc2cccc(Cl)c2)C(=O)N[C@@H]1C(C)C. The van der Waals surface area contributed by atoms with Gasteiger partial charge in [-0.15, -0.1) is 0 Å². The molecule has 1 heterocycles. The average Bonchev–Trinajstić information content (AvgIpc) is 3.76. The summed E-state index contributed by atoms with van der Waals surface area (Å²) in [6.45, 7) is 12.0. The molecule has 4 rings (SSSR count). The monoisotopic (exact) mass is 580 g/mol. The third kappa shape index (κ3) is 9.50. The molecule has 0 spiro atoms. The zero-order valence-corrected chi connectivity index (χ0v) is 25.3. The number of carbonyl (C=O) groups excluding carboxylic acids is 2. The fraction of sp³-hybridized carbons (Fsp3) is 0.515. The molecule has 1 aliphatic heterocycles. The van der Waals surface area contributed by atoms with Gasteiger partial charge in [0, 0.05) is 23.8 Å². The van der Waals surface area contributed by atoms with Crippen LogP contribution in [-0.2, 0) is 22.4 Å². The molecule has 0 saturated heterocycles. The van der Waals surface area contributed by atoms with Gasteiger partial charge in [0.05, 0.1) is 12.1 Å². The van der Waals surface area contributed by atoms with E-state index in [1.165, 1.54) is 0 Å². The summed E-state index contributed by atoms with van der Waals surface area (Å²) in [5.41, 5.74) is 2.72. The van der Waals surface area contributed by atoms with E-state index < -0.39 is 12.1 Å². The highest BCUT2D eigenvalue weighted by Crippen LogP contribution is 2.34. The number of ether oxygens (including phenoxy) is 1. The lowest BCUT2D eigenvalue weighted by Gasteiger charge is -2.31. The molecule has 2 aromatic carbocycles. The summed E-state index contributed by atoms with van der Waals surface area (Å²) in [7, 11) is 0. The first-order valence-electron chi connectivity index (χ1n) is 14.9. The largest absolute Gasteiger partial charge is 0.492 e. The van der Waals surface area contributed by atoms with Gasteiger partial charge in [-0.3, -0.25) is 9.59 Å². The van der Waals surface area contributed by atoms with E-state index in [1.54, 1.807) is 0 Å². The second kappa shape index (κ2) is 14.7. The molecule has 2 aromatic rings. The molecule has 2 amide bonds. The minimum atomic E-state index is -0.508. The quantitative estimate of drug-likeness (QED) is 0.414. The van der Waals surface area contributed by atoms with Crippen molar-refractivity contribution in [3.8, 4) is 5.75 Å². The van der Waals surface area contributed by atoms with Crippen LogP contribution in [0.1, 0.15) is 51.2 Å². The summed E-state index contributed by atoms with van der Waals surface area (Å²) >= 11 is 6.25. The van der Waals surface area contributed by atoms with Gasteiger partial charge in [-0.2, -0.15) is 0 Å². The Morgan fingerprint density at radius 1 is 1.02 bits per heavy atom. The van der Waals surface area contributed by atoms with Gasteiger partial charge in [-0.25, -0.2) is 0 Å². The Morgan fingerprint density at radius 2 is 1.80 bits per heavy atom. The van der Waals surface area contributed by atoms with Gasteiger partial charge in [0.25, 0.3) is 0 Å². The van der Waals surface area contributed by atoms with E-state index >= 15 is 0 Å². The molecule has 41 heavy (non-hydrogen) atoms. The number of benzene rings is 2. The highest BCUT2D eigenvalue weighted by molar-refractivity contribution is 6.30. The van der Waals surface area contributed by atoms with Gasteiger partial charge >= 0.3 is 0 Å². The van der Waals surface area contributed by atoms with Crippen LogP contribution in [0.4, 0.5) is 0 Å². The first-order chi connectivity index (χ1) is 19.7. The van der Waals surface area contributed by atoms with Crippen LogP contribution in [0.15, 0.2) is 60.8 Å². The molecule has 0 radical (unpaired) electrons. The van der Waals surface area contributed by atoms with Crippen LogP contribution >= 0.6 is 11.6 Å². The van der Waals surface area contributed by atoms with E-state index in [2.05, 4.69) is 40.8 Å². The molecule has 1 fully saturated rings. The molecule has 2 aliphatic rings. The summed E-state index contributed by atoms with van der Waals surface area (Å²) in [6.07, 6.45) is 4.30. The van der Waals surface area contributed by atoms with Gasteiger partial charge in [-0.1, -0.05) is 82.1 Å². The second-order valence-electron chi connectivity index (χ2n) is 12.0. The second-order valence-corrected chi connectivity index (χ2v) is 12.4. The van der Waals surface area contributed by atoms with Crippen molar-refractivity contribution in [2.75, 3.05) is 19.7 Å². The van der Waals surface area contributed by atoms with Crippen molar-refractivity contribution in [3.05, 3.63) is 77.0 Å². The number of hydrogen-bond acceptors (Lipinski definition) is 5. The Kier molecular flexibility index (Phi) is 11.1. The third-order valence-electron chi connectivity index (χ3n) is 7.84. The number of nitrogens with one attached hydrogen (secondary N) is 4. The number of halogens is 1. The number of para-hydroxylation sites is 1. The maximum Gasteiger partial charge on any atom is 0.242 e. The number of rotatable bonds is 5. The Bertz CT molecular complexity index is 1200. The van der Waals surface area contributed by atoms with Gasteiger partial charge in [0.15, 0.2) is 0 Å². The molecule has 7 nitrogen and oxygen atoms in total. The highest BCUT2D eigenvalue weighted by atomic mass is 35.5. The molecule has 222 valence electrons. The van der Waals surface area contributed by atoms with Crippen molar-refractivity contribution in [2.45, 2.75) is 71.0 Å². The third-order valence-corrected chi connectivity index (χ3v) is 8.08. The molecule has 1 saturated carbocycles. The maximum atomic E-state index is 13.7. The summed E-state index contributed by atoms with van der Waals surface area (Å²) in [4.78, 5) is 27.1. The predicted octanol–water partition coefficient (Wildman–Crippen LogP) is 4.64. The van der Waals surface area contributed by atoms with Gasteiger partial charge < -0.3 is 26.0 Å². The van der Waals surface area contributed by atoms with Gasteiger partial charge in [0.2, 0.25) is 11.8 Å². The van der Waals surface area contributed by atoms with E-state index in [1.807, 2.05) is 56.3 Å². The van der Waals surface area contributed by atoms with Crippen molar-refractivity contribution in [1.29, 1.82) is 0 Å². The van der Waals surface area contributed by atoms with Crippen molar-refractivity contribution >= 4 is 23.4 Å². The molecule has 1 aliphatic carbocycles. The molecule has 0 bridgehead atoms. The van der Waals surface area contributed by atoms with Crippen molar-refractivity contribution in [3.63, 3.8) is 0 Å². The zero-order chi connectivity index (χ0) is 29.4. The van der Waals surface area contributed by atoms with Crippen molar-refractivity contribution < 1.29 is 14.3 Å². The zero-order valence-electron chi connectivity index (χ0n) is 24.5. The number of hydrogen-bond donors (Lipinski definition) is 4. The summed E-state index contributed by atoms with van der Waals surface area (Å²) in [6, 6.07) is 14.4. The van der Waals surface area contributed by atoms with Gasteiger partial charge in [-0.05, 0) is 66.3 Å². The summed E-state index contributed by atoms with van der Waals surface area (Å²) < 4.78 is 6.17. The molecule has 0 unspecified atom stereocenters. The predicted molar refractivity (Wildman–Crippen MR) is 165 cm³/mol. The van der Waals surface area contributed by atoms with Crippen LogP contribution in [0.3, 0.4) is 0 Å². The molecule has 4 N–H and O–H groups in total. The highest BCUT2D eigenvalue weighted by Gasteiger charge is 2.32. The van der Waals surface area contributed by atoms with E-state index in [4.69, 9.17) is 16.3 Å². The number of carbonyl (C=O) groups is 2. The maximum absolute atomic E-state index is 13.7. The number of fused-ring (bicyclic) bond motifs is 1. The Hall–Kier alpha value is -3.03. The fourth-order valence-electron chi connectivity index (χ4n) is 5.35. The molecule has 4 atom stereocenters. The first-order valence-corrected chi connectivity index (χ1v) is 15.3. The Morgan fingerprint density at radius 3 is 2.54 bits per heavy atom. The van der Waals surface area contributed by atoms with Crippen LogP contribution < -0.4 is 26.0 Å². The van der Waals surface area contributed by atoms with Crippen molar-refractivity contribution in [1.82, 2.24) is 21.3 Å². The smallest absolute Gasteiger partial charge is 0.242 e.